The highest BCUT2D eigenvalue weighted by atomic mass is 16.5. The van der Waals surface area contributed by atoms with E-state index in [0.29, 0.717) is 5.92 Å². The second-order valence-corrected chi connectivity index (χ2v) is 6.75. The number of aryl methyl sites for hydroxylation is 1. The Morgan fingerprint density at radius 3 is 2.64 bits per heavy atom. The molecule has 1 saturated carbocycles. The largest absolute Gasteiger partial charge is 0.497 e. The van der Waals surface area contributed by atoms with Crippen molar-refractivity contribution in [1.82, 2.24) is 9.78 Å². The Hall–Kier alpha value is -1.77. The number of ether oxygens (including phenoxy) is 1. The minimum atomic E-state index is 0.709. The maximum Gasteiger partial charge on any atom is 0.119 e. The Bertz CT molecular complexity index is 671. The monoisotopic (exact) mass is 296 g/mol. The molecule has 2 aliphatic carbocycles. The zero-order chi connectivity index (χ0) is 15.1. The van der Waals surface area contributed by atoms with Crippen molar-refractivity contribution in [3.05, 3.63) is 41.2 Å². The molecule has 2 aliphatic rings. The molecule has 116 valence electrons. The second kappa shape index (κ2) is 5.45. The van der Waals surface area contributed by atoms with Crippen molar-refractivity contribution >= 4 is 0 Å². The lowest BCUT2D eigenvalue weighted by Gasteiger charge is -2.36. The van der Waals surface area contributed by atoms with E-state index in [9.17, 15) is 0 Å². The third-order valence-corrected chi connectivity index (χ3v) is 5.57. The Morgan fingerprint density at radius 2 is 1.86 bits per heavy atom. The lowest BCUT2D eigenvalue weighted by molar-refractivity contribution is 0.268. The molecular formula is C19H24N2O. The smallest absolute Gasteiger partial charge is 0.119 e. The van der Waals surface area contributed by atoms with Crippen LogP contribution in [0.4, 0.5) is 0 Å². The summed E-state index contributed by atoms with van der Waals surface area (Å²) >= 11 is 0. The van der Waals surface area contributed by atoms with Gasteiger partial charge < -0.3 is 4.74 Å². The fourth-order valence-electron chi connectivity index (χ4n) is 4.43. The second-order valence-electron chi connectivity index (χ2n) is 6.75. The van der Waals surface area contributed by atoms with Crippen molar-refractivity contribution in [2.45, 2.75) is 51.4 Å². The van der Waals surface area contributed by atoms with Crippen LogP contribution in [0, 0.1) is 12.8 Å². The lowest BCUT2D eigenvalue weighted by Crippen LogP contribution is -2.25. The van der Waals surface area contributed by atoms with E-state index < -0.39 is 0 Å². The van der Waals surface area contributed by atoms with Crippen LogP contribution in [-0.2, 0) is 6.42 Å². The van der Waals surface area contributed by atoms with Gasteiger partial charge in [0.1, 0.15) is 5.75 Å². The molecule has 2 aromatic rings. The summed E-state index contributed by atoms with van der Waals surface area (Å²) in [5, 5.41) is 4.88. The van der Waals surface area contributed by atoms with Crippen LogP contribution >= 0.6 is 0 Å². The topological polar surface area (TPSA) is 27.1 Å². The summed E-state index contributed by atoms with van der Waals surface area (Å²) in [5.74, 6) is 2.48. The summed E-state index contributed by atoms with van der Waals surface area (Å²) in [7, 11) is 1.71. The molecule has 3 heteroatoms. The molecule has 2 atom stereocenters. The summed E-state index contributed by atoms with van der Waals surface area (Å²) in [6.45, 7) is 2.17. The molecule has 1 aromatic carbocycles. The van der Waals surface area contributed by atoms with Crippen LogP contribution < -0.4 is 4.74 Å². The molecule has 0 unspecified atom stereocenters. The van der Waals surface area contributed by atoms with Crippen LogP contribution in [0.15, 0.2) is 24.3 Å². The van der Waals surface area contributed by atoms with E-state index in [1.165, 1.54) is 55.5 Å². The summed E-state index contributed by atoms with van der Waals surface area (Å²) in [4.78, 5) is 0. The fraction of sp³-hybridized carbons (Fsp3) is 0.526. The van der Waals surface area contributed by atoms with Gasteiger partial charge in [-0.2, -0.15) is 5.10 Å². The van der Waals surface area contributed by atoms with Crippen LogP contribution in [0.2, 0.25) is 0 Å². The van der Waals surface area contributed by atoms with E-state index in [1.807, 2.05) is 12.1 Å². The normalized spacial score (nSPS) is 23.7. The summed E-state index contributed by atoms with van der Waals surface area (Å²) in [5.41, 5.74) is 5.39. The molecular weight excluding hydrogens is 272 g/mol. The van der Waals surface area contributed by atoms with Gasteiger partial charge in [-0.05, 0) is 68.4 Å². The first-order valence-electron chi connectivity index (χ1n) is 8.50. The van der Waals surface area contributed by atoms with Crippen molar-refractivity contribution in [3.8, 4) is 11.4 Å². The minimum absolute atomic E-state index is 0.709. The minimum Gasteiger partial charge on any atom is -0.497 e. The number of nitrogens with zero attached hydrogens (tertiary/aromatic N) is 2. The van der Waals surface area contributed by atoms with E-state index in [1.54, 1.807) is 7.11 Å². The van der Waals surface area contributed by atoms with Gasteiger partial charge in [0.15, 0.2) is 0 Å². The standard InChI is InChI=1S/C19H24N2O/c1-13-17-12-7-14-5-3-4-6-18(14)19(17)21(20-13)15-8-10-16(22-2)11-9-15/h8-11,14,18H,3-7,12H2,1-2H3/t14-,18+/m0/s1. The predicted octanol–water partition coefficient (Wildman–Crippen LogP) is 4.41. The molecule has 4 rings (SSSR count). The van der Waals surface area contributed by atoms with Crippen LogP contribution in [-0.4, -0.2) is 16.9 Å². The molecule has 22 heavy (non-hydrogen) atoms. The van der Waals surface area contributed by atoms with Crippen molar-refractivity contribution in [2.24, 2.45) is 5.92 Å². The number of hydrogen-bond acceptors (Lipinski definition) is 2. The van der Waals surface area contributed by atoms with Gasteiger partial charge in [0.25, 0.3) is 0 Å². The third kappa shape index (κ3) is 2.15. The van der Waals surface area contributed by atoms with Crippen molar-refractivity contribution in [1.29, 1.82) is 0 Å². The Labute approximate surface area is 132 Å². The number of benzene rings is 1. The molecule has 1 aromatic heterocycles. The summed E-state index contributed by atoms with van der Waals surface area (Å²) in [6, 6.07) is 8.30. The Kier molecular flexibility index (Phi) is 3.44. The molecule has 0 amide bonds. The van der Waals surface area contributed by atoms with E-state index in [0.717, 1.165) is 17.4 Å². The Morgan fingerprint density at radius 1 is 1.09 bits per heavy atom. The average Bonchev–Trinajstić information content (AvgIpc) is 2.92. The highest BCUT2D eigenvalue weighted by molar-refractivity contribution is 5.43. The SMILES string of the molecule is COc1ccc(-n2nc(C)c3c2[C@@H]2CCCC[C@H]2CC3)cc1. The maximum absolute atomic E-state index is 5.28. The van der Waals surface area contributed by atoms with Gasteiger partial charge in [-0.3, -0.25) is 0 Å². The molecule has 1 fully saturated rings. The maximum atomic E-state index is 5.28. The molecule has 0 radical (unpaired) electrons. The van der Waals surface area contributed by atoms with Gasteiger partial charge in [-0.25, -0.2) is 4.68 Å². The van der Waals surface area contributed by atoms with E-state index in [2.05, 4.69) is 23.7 Å². The highest BCUT2D eigenvalue weighted by Gasteiger charge is 2.35. The zero-order valence-electron chi connectivity index (χ0n) is 13.5. The van der Waals surface area contributed by atoms with Gasteiger partial charge in [-0.1, -0.05) is 12.8 Å². The summed E-state index contributed by atoms with van der Waals surface area (Å²) < 4.78 is 7.49. The quantitative estimate of drug-likeness (QED) is 0.821. The predicted molar refractivity (Wildman–Crippen MR) is 87.9 cm³/mol. The zero-order valence-corrected chi connectivity index (χ0v) is 13.5. The van der Waals surface area contributed by atoms with Gasteiger partial charge in [0, 0.05) is 5.92 Å². The highest BCUT2D eigenvalue weighted by Crippen LogP contribution is 2.46. The molecule has 0 spiro atoms. The van der Waals surface area contributed by atoms with Gasteiger partial charge in [0.05, 0.1) is 24.2 Å². The number of aromatic nitrogens is 2. The number of hydrogen-bond donors (Lipinski definition) is 0. The van der Waals surface area contributed by atoms with E-state index >= 15 is 0 Å². The van der Waals surface area contributed by atoms with Crippen LogP contribution in [0.3, 0.4) is 0 Å². The molecule has 0 N–H and O–H groups in total. The molecule has 1 heterocycles. The summed E-state index contributed by atoms with van der Waals surface area (Å²) in [6.07, 6.45) is 8.07. The molecule has 0 bridgehead atoms. The average molecular weight is 296 g/mol. The van der Waals surface area contributed by atoms with Crippen molar-refractivity contribution in [2.75, 3.05) is 7.11 Å². The number of methoxy groups -OCH3 is 1. The van der Waals surface area contributed by atoms with Crippen molar-refractivity contribution in [3.63, 3.8) is 0 Å². The number of fused-ring (bicyclic) bond motifs is 3. The van der Waals surface area contributed by atoms with Crippen LogP contribution in [0.5, 0.6) is 5.75 Å². The van der Waals surface area contributed by atoms with Gasteiger partial charge in [-0.15, -0.1) is 0 Å². The van der Waals surface area contributed by atoms with E-state index in [4.69, 9.17) is 9.84 Å². The van der Waals surface area contributed by atoms with Crippen molar-refractivity contribution < 1.29 is 4.74 Å². The number of rotatable bonds is 2. The van der Waals surface area contributed by atoms with Gasteiger partial charge >= 0.3 is 0 Å². The molecule has 0 saturated heterocycles. The molecule has 3 nitrogen and oxygen atoms in total. The molecule has 0 aliphatic heterocycles. The third-order valence-electron chi connectivity index (χ3n) is 5.57. The van der Waals surface area contributed by atoms with Gasteiger partial charge in [0.2, 0.25) is 0 Å². The fourth-order valence-corrected chi connectivity index (χ4v) is 4.43. The first-order valence-corrected chi connectivity index (χ1v) is 8.50. The van der Waals surface area contributed by atoms with Crippen LogP contribution in [0.25, 0.3) is 5.69 Å². The van der Waals surface area contributed by atoms with Crippen LogP contribution in [0.1, 0.15) is 55.0 Å². The van der Waals surface area contributed by atoms with E-state index in [-0.39, 0.29) is 0 Å². The Balaban J connectivity index is 1.80. The first kappa shape index (κ1) is 13.9. The first-order chi connectivity index (χ1) is 10.8. The lowest BCUT2D eigenvalue weighted by atomic mass is 9.70.